The van der Waals surface area contributed by atoms with Gasteiger partial charge < -0.3 is 14.8 Å². The molecule has 0 spiro atoms. The fraction of sp³-hybridized carbons (Fsp3) is 0.333. The topological polar surface area (TPSA) is 102 Å². The van der Waals surface area contributed by atoms with Gasteiger partial charge in [-0.2, -0.15) is 0 Å². The Bertz CT molecular complexity index is 1020. The highest BCUT2D eigenvalue weighted by Crippen LogP contribution is 2.29. The molecule has 1 aliphatic heterocycles. The van der Waals surface area contributed by atoms with Crippen LogP contribution in [0.1, 0.15) is 25.3 Å². The number of nitrogens with one attached hydrogen (secondary N) is 1. The number of sulfonamides is 1. The van der Waals surface area contributed by atoms with Crippen LogP contribution in [-0.2, 0) is 26.2 Å². The number of hydrogen-bond acceptors (Lipinski definition) is 6. The van der Waals surface area contributed by atoms with E-state index in [2.05, 4.69) is 5.32 Å². The van der Waals surface area contributed by atoms with Crippen molar-refractivity contribution in [2.75, 3.05) is 13.7 Å². The van der Waals surface area contributed by atoms with Crippen molar-refractivity contribution in [2.24, 2.45) is 0 Å². The van der Waals surface area contributed by atoms with E-state index >= 15 is 0 Å². The summed E-state index contributed by atoms with van der Waals surface area (Å²) in [5.41, 5.74) is 0.755. The maximum absolute atomic E-state index is 12.9. The van der Waals surface area contributed by atoms with E-state index < -0.39 is 27.9 Å². The predicted molar refractivity (Wildman–Crippen MR) is 110 cm³/mol. The molecule has 0 aromatic heterocycles. The summed E-state index contributed by atoms with van der Waals surface area (Å²) < 4.78 is 37.3. The summed E-state index contributed by atoms with van der Waals surface area (Å²) >= 11 is 0. The van der Waals surface area contributed by atoms with E-state index in [4.69, 9.17) is 9.47 Å². The lowest BCUT2D eigenvalue weighted by Crippen LogP contribution is -2.47. The number of hydrogen-bond donors (Lipinski definition) is 1. The summed E-state index contributed by atoms with van der Waals surface area (Å²) in [4.78, 5) is 25.0. The molecule has 1 N–H and O–H groups in total. The molecule has 2 amide bonds. The van der Waals surface area contributed by atoms with E-state index in [1.165, 1.54) is 19.2 Å². The van der Waals surface area contributed by atoms with E-state index in [0.717, 1.165) is 5.56 Å². The second-order valence-electron chi connectivity index (χ2n) is 6.70. The van der Waals surface area contributed by atoms with E-state index in [9.17, 15) is 18.0 Å². The van der Waals surface area contributed by atoms with Gasteiger partial charge in [-0.15, -0.1) is 0 Å². The lowest BCUT2D eigenvalue weighted by molar-refractivity contribution is -0.130. The van der Waals surface area contributed by atoms with Crippen molar-refractivity contribution in [3.8, 4) is 11.5 Å². The van der Waals surface area contributed by atoms with Crippen LogP contribution in [0.2, 0.25) is 0 Å². The molecule has 3 rings (SSSR count). The number of amides is 2. The lowest BCUT2D eigenvalue weighted by atomic mass is 10.1. The van der Waals surface area contributed by atoms with Gasteiger partial charge in [-0.05, 0) is 43.2 Å². The number of benzene rings is 2. The zero-order chi connectivity index (χ0) is 21.7. The first-order valence-corrected chi connectivity index (χ1v) is 11.0. The van der Waals surface area contributed by atoms with Crippen molar-refractivity contribution in [3.63, 3.8) is 0 Å². The quantitative estimate of drug-likeness (QED) is 0.685. The second-order valence-corrected chi connectivity index (χ2v) is 8.51. The Hall–Kier alpha value is -3.07. The van der Waals surface area contributed by atoms with Crippen molar-refractivity contribution < 1.29 is 27.5 Å². The summed E-state index contributed by atoms with van der Waals surface area (Å²) in [6, 6.07) is 11.8. The van der Waals surface area contributed by atoms with Crippen LogP contribution >= 0.6 is 0 Å². The molecule has 0 saturated carbocycles. The number of nitrogens with zero attached hydrogens (tertiary/aromatic N) is 1. The van der Waals surface area contributed by atoms with E-state index in [0.29, 0.717) is 22.4 Å². The number of carbonyl (C=O) groups excluding carboxylic acids is 2. The summed E-state index contributed by atoms with van der Waals surface area (Å²) in [6.45, 7) is 2.52. The summed E-state index contributed by atoms with van der Waals surface area (Å²) in [5, 5.41) is 2.72. The van der Waals surface area contributed by atoms with Gasteiger partial charge in [0.05, 0.1) is 18.6 Å². The smallest absolute Gasteiger partial charge is 0.267 e. The van der Waals surface area contributed by atoms with Crippen LogP contribution in [0.15, 0.2) is 53.4 Å². The highest BCUT2D eigenvalue weighted by molar-refractivity contribution is 7.89. The molecular formula is C21H24N2O6S. The highest BCUT2D eigenvalue weighted by Gasteiger charge is 2.44. The third-order valence-electron chi connectivity index (χ3n) is 4.76. The molecule has 0 radical (unpaired) electrons. The molecule has 2 aromatic carbocycles. The van der Waals surface area contributed by atoms with Crippen LogP contribution in [0.25, 0.3) is 0 Å². The monoisotopic (exact) mass is 432 g/mol. The van der Waals surface area contributed by atoms with Crippen LogP contribution in [-0.4, -0.2) is 44.3 Å². The largest absolute Gasteiger partial charge is 0.493 e. The minimum Gasteiger partial charge on any atom is -0.493 e. The van der Waals surface area contributed by atoms with Crippen LogP contribution in [0, 0.1) is 0 Å². The van der Waals surface area contributed by atoms with Gasteiger partial charge >= 0.3 is 0 Å². The fourth-order valence-corrected chi connectivity index (χ4v) is 4.93. The predicted octanol–water partition coefficient (Wildman–Crippen LogP) is 2.09. The van der Waals surface area contributed by atoms with Crippen molar-refractivity contribution in [2.45, 2.75) is 37.2 Å². The number of methoxy groups -OCH3 is 1. The highest BCUT2D eigenvalue weighted by atomic mass is 32.2. The van der Waals surface area contributed by atoms with Gasteiger partial charge in [-0.3, -0.25) is 9.59 Å². The zero-order valence-electron chi connectivity index (χ0n) is 16.8. The van der Waals surface area contributed by atoms with Crippen LogP contribution < -0.4 is 14.8 Å². The molecule has 1 heterocycles. The average Bonchev–Trinajstić information content (AvgIpc) is 3.16. The molecular weight excluding hydrogens is 408 g/mol. The molecule has 8 nitrogen and oxygen atoms in total. The van der Waals surface area contributed by atoms with Gasteiger partial charge in [0.15, 0.2) is 11.5 Å². The third kappa shape index (κ3) is 4.40. The molecule has 30 heavy (non-hydrogen) atoms. The summed E-state index contributed by atoms with van der Waals surface area (Å²) in [6.07, 6.45) is 0.143. The van der Waals surface area contributed by atoms with E-state index in [-0.39, 0.29) is 24.3 Å². The van der Waals surface area contributed by atoms with Crippen LogP contribution in [0.3, 0.4) is 0 Å². The SMILES string of the molecule is CCOc1ccc(CNC(=O)C2CCC(=O)N2S(=O)(=O)c2ccccc2)cc1OC. The van der Waals surface area contributed by atoms with Crippen LogP contribution in [0.4, 0.5) is 0 Å². The number of rotatable bonds is 8. The Morgan fingerprint density at radius 2 is 1.90 bits per heavy atom. The lowest BCUT2D eigenvalue weighted by Gasteiger charge is -2.23. The molecule has 9 heteroatoms. The molecule has 1 fully saturated rings. The number of carbonyl (C=O) groups is 2. The molecule has 0 aliphatic carbocycles. The van der Waals surface area contributed by atoms with Crippen LogP contribution in [0.5, 0.6) is 11.5 Å². The van der Waals surface area contributed by atoms with Crippen molar-refractivity contribution >= 4 is 21.8 Å². The first-order valence-electron chi connectivity index (χ1n) is 9.58. The molecule has 160 valence electrons. The first-order chi connectivity index (χ1) is 14.4. The Kier molecular flexibility index (Phi) is 6.61. The second kappa shape index (κ2) is 9.17. The minimum atomic E-state index is -4.10. The molecule has 1 atom stereocenters. The molecule has 1 saturated heterocycles. The van der Waals surface area contributed by atoms with Gasteiger partial charge in [0.2, 0.25) is 11.8 Å². The van der Waals surface area contributed by atoms with Gasteiger partial charge in [-0.1, -0.05) is 24.3 Å². The van der Waals surface area contributed by atoms with E-state index in [1.807, 2.05) is 6.92 Å². The fourth-order valence-electron chi connectivity index (χ4n) is 3.31. The van der Waals surface area contributed by atoms with Crippen molar-refractivity contribution in [1.82, 2.24) is 9.62 Å². The average molecular weight is 432 g/mol. The maximum atomic E-state index is 12.9. The minimum absolute atomic E-state index is 0.00102. The normalized spacial score (nSPS) is 16.4. The number of ether oxygens (including phenoxy) is 2. The Labute approximate surface area is 175 Å². The molecule has 2 aromatic rings. The Morgan fingerprint density at radius 1 is 1.17 bits per heavy atom. The summed E-state index contributed by atoms with van der Waals surface area (Å²) in [5.74, 6) is 0.0273. The Morgan fingerprint density at radius 3 is 2.57 bits per heavy atom. The van der Waals surface area contributed by atoms with Crippen molar-refractivity contribution in [3.05, 3.63) is 54.1 Å². The Balaban J connectivity index is 1.74. The van der Waals surface area contributed by atoms with E-state index in [1.54, 1.807) is 36.4 Å². The zero-order valence-corrected chi connectivity index (χ0v) is 17.6. The standard InChI is InChI=1S/C21H24N2O6S/c1-3-29-18-11-9-15(13-19(18)28-2)14-22-21(25)17-10-12-20(24)23(17)30(26,27)16-7-5-4-6-8-16/h4-9,11,13,17H,3,10,12,14H2,1-2H3,(H,22,25). The van der Waals surface area contributed by atoms with Gasteiger partial charge in [0.25, 0.3) is 10.0 Å². The molecule has 1 unspecified atom stereocenters. The van der Waals surface area contributed by atoms with Gasteiger partial charge in [0, 0.05) is 13.0 Å². The first kappa shape index (κ1) is 21.6. The third-order valence-corrected chi connectivity index (χ3v) is 6.60. The molecule has 0 bridgehead atoms. The van der Waals surface area contributed by atoms with Gasteiger partial charge in [0.1, 0.15) is 6.04 Å². The molecule has 1 aliphatic rings. The summed E-state index contributed by atoms with van der Waals surface area (Å²) in [7, 11) is -2.58. The van der Waals surface area contributed by atoms with Gasteiger partial charge in [-0.25, -0.2) is 12.7 Å². The maximum Gasteiger partial charge on any atom is 0.267 e. The van der Waals surface area contributed by atoms with Crippen molar-refractivity contribution in [1.29, 1.82) is 0 Å².